The van der Waals surface area contributed by atoms with Gasteiger partial charge in [-0.1, -0.05) is 18.2 Å². The lowest BCUT2D eigenvalue weighted by atomic mass is 10.00. The van der Waals surface area contributed by atoms with E-state index in [0.29, 0.717) is 54.3 Å². The van der Waals surface area contributed by atoms with E-state index in [1.807, 2.05) is 23.1 Å². The molecule has 1 aliphatic heterocycles. The van der Waals surface area contributed by atoms with E-state index in [4.69, 9.17) is 9.15 Å². The highest BCUT2D eigenvalue weighted by molar-refractivity contribution is 5.87. The number of halogens is 1. The summed E-state index contributed by atoms with van der Waals surface area (Å²) in [7, 11) is 1.28. The quantitative estimate of drug-likeness (QED) is 0.474. The third-order valence-electron chi connectivity index (χ3n) is 5.50. The van der Waals surface area contributed by atoms with Crippen molar-refractivity contribution in [2.24, 2.45) is 0 Å². The van der Waals surface area contributed by atoms with Crippen LogP contribution in [-0.4, -0.2) is 31.3 Å². The van der Waals surface area contributed by atoms with Gasteiger partial charge in [0.05, 0.1) is 24.7 Å². The summed E-state index contributed by atoms with van der Waals surface area (Å²) in [5, 5.41) is 0.756. The summed E-state index contributed by atoms with van der Waals surface area (Å²) in [5.74, 6) is -0.0562. The van der Waals surface area contributed by atoms with E-state index in [1.54, 1.807) is 19.1 Å². The zero-order valence-electron chi connectivity index (χ0n) is 16.9. The molecule has 0 saturated heterocycles. The number of methoxy groups -OCH3 is 1. The average Bonchev–Trinajstić information content (AvgIpc) is 2.75. The summed E-state index contributed by atoms with van der Waals surface area (Å²) in [4.78, 5) is 26.2. The van der Waals surface area contributed by atoms with Gasteiger partial charge in [-0.25, -0.2) is 9.18 Å². The van der Waals surface area contributed by atoms with Crippen molar-refractivity contribution < 1.29 is 23.1 Å². The molecule has 2 heterocycles. The number of carbonyl (C=O) groups excluding carboxylic acids is 1. The van der Waals surface area contributed by atoms with Crippen molar-refractivity contribution in [2.45, 2.75) is 26.3 Å². The van der Waals surface area contributed by atoms with Gasteiger partial charge in [-0.2, -0.15) is 0 Å². The van der Waals surface area contributed by atoms with Gasteiger partial charge in [0.1, 0.15) is 23.9 Å². The molecular formula is C23H22FNO5. The molecule has 0 amide bonds. The number of hydrogen-bond donors (Lipinski definition) is 0. The van der Waals surface area contributed by atoms with E-state index in [0.717, 1.165) is 10.9 Å². The second-order valence-corrected chi connectivity index (χ2v) is 7.33. The van der Waals surface area contributed by atoms with Crippen LogP contribution in [0.1, 0.15) is 22.3 Å². The molecule has 30 heavy (non-hydrogen) atoms. The zero-order chi connectivity index (χ0) is 21.3. The molecule has 0 atom stereocenters. The third-order valence-corrected chi connectivity index (χ3v) is 5.50. The highest BCUT2D eigenvalue weighted by Gasteiger charge is 2.24. The van der Waals surface area contributed by atoms with Crippen LogP contribution in [-0.2, 0) is 28.9 Å². The maximum atomic E-state index is 13.9. The van der Waals surface area contributed by atoms with Crippen LogP contribution >= 0.6 is 0 Å². The van der Waals surface area contributed by atoms with Crippen molar-refractivity contribution in [1.29, 1.82) is 0 Å². The first kappa shape index (κ1) is 20.1. The lowest BCUT2D eigenvalue weighted by molar-refractivity contribution is -0.139. The molecule has 0 aliphatic carbocycles. The van der Waals surface area contributed by atoms with Crippen molar-refractivity contribution in [3.05, 3.63) is 74.9 Å². The Hall–Kier alpha value is -3.19. The number of carbonyl (C=O) groups is 1. The molecule has 0 unspecified atom stereocenters. The van der Waals surface area contributed by atoms with Crippen molar-refractivity contribution in [2.75, 3.05) is 20.4 Å². The van der Waals surface area contributed by atoms with Crippen LogP contribution in [0.15, 0.2) is 45.6 Å². The van der Waals surface area contributed by atoms with Crippen LogP contribution in [0.4, 0.5) is 4.39 Å². The molecule has 0 N–H and O–H groups in total. The van der Waals surface area contributed by atoms with Crippen LogP contribution in [0, 0.1) is 12.7 Å². The van der Waals surface area contributed by atoms with Gasteiger partial charge in [-0.15, -0.1) is 0 Å². The number of fused-ring (bicyclic) bond motifs is 3. The molecule has 156 valence electrons. The molecule has 3 aromatic rings. The van der Waals surface area contributed by atoms with Crippen molar-refractivity contribution >= 4 is 16.9 Å². The Bertz CT molecular complexity index is 1170. The van der Waals surface area contributed by atoms with Crippen LogP contribution in [0.5, 0.6) is 5.75 Å². The molecule has 4 rings (SSSR count). The predicted octanol–water partition coefficient (Wildman–Crippen LogP) is 3.35. The lowest BCUT2D eigenvalue weighted by Crippen LogP contribution is -2.34. The number of nitrogens with zero attached hydrogens (tertiary/aromatic N) is 1. The second kappa shape index (κ2) is 8.28. The maximum Gasteiger partial charge on any atom is 0.340 e. The number of ether oxygens (including phenoxy) is 2. The van der Waals surface area contributed by atoms with Crippen molar-refractivity contribution in [1.82, 2.24) is 4.90 Å². The molecule has 1 aliphatic rings. The SMILES string of the molecule is COC(=O)Cc1c(C)c2ccc3c(c2oc1=O)CN(CCc1ccccc1F)CO3. The zero-order valence-corrected chi connectivity index (χ0v) is 16.9. The number of benzene rings is 2. The number of aryl methyl sites for hydroxylation is 1. The molecule has 0 spiro atoms. The summed E-state index contributed by atoms with van der Waals surface area (Å²) < 4.78 is 30.0. The van der Waals surface area contributed by atoms with E-state index in [9.17, 15) is 14.0 Å². The highest BCUT2D eigenvalue weighted by Crippen LogP contribution is 2.33. The number of esters is 1. The number of rotatable bonds is 5. The molecular weight excluding hydrogens is 389 g/mol. The molecule has 6 nitrogen and oxygen atoms in total. The molecule has 0 fully saturated rings. The van der Waals surface area contributed by atoms with Crippen LogP contribution in [0.3, 0.4) is 0 Å². The molecule has 0 radical (unpaired) electrons. The van der Waals surface area contributed by atoms with Gasteiger partial charge in [0, 0.05) is 18.5 Å². The van der Waals surface area contributed by atoms with Gasteiger partial charge in [0.25, 0.3) is 0 Å². The van der Waals surface area contributed by atoms with E-state index in [-0.39, 0.29) is 12.2 Å². The standard InChI is InChI=1S/C23H22FNO5/c1-14-16-7-8-20-18(22(16)30-23(27)17(14)11-21(26)28-2)12-25(13-29-20)10-9-15-5-3-4-6-19(15)24/h3-8H,9-13H2,1-2H3. The minimum absolute atomic E-state index is 0.136. The minimum atomic E-state index is -0.553. The van der Waals surface area contributed by atoms with Crippen molar-refractivity contribution in [3.8, 4) is 5.75 Å². The predicted molar refractivity (Wildman–Crippen MR) is 109 cm³/mol. The smallest absolute Gasteiger partial charge is 0.340 e. The van der Waals surface area contributed by atoms with E-state index in [1.165, 1.54) is 13.2 Å². The van der Waals surface area contributed by atoms with Crippen molar-refractivity contribution in [3.63, 3.8) is 0 Å². The fourth-order valence-electron chi connectivity index (χ4n) is 3.75. The van der Waals surface area contributed by atoms with Gasteiger partial charge in [-0.3, -0.25) is 9.69 Å². The summed E-state index contributed by atoms with van der Waals surface area (Å²) in [5.41, 5.74) is 2.31. The fraction of sp³-hybridized carbons (Fsp3) is 0.304. The first-order chi connectivity index (χ1) is 14.5. The van der Waals surface area contributed by atoms with Crippen LogP contribution in [0.25, 0.3) is 11.0 Å². The molecule has 2 aromatic carbocycles. The third kappa shape index (κ3) is 3.80. The molecule has 7 heteroatoms. The summed E-state index contributed by atoms with van der Waals surface area (Å²) in [6, 6.07) is 10.4. The van der Waals surface area contributed by atoms with Gasteiger partial charge < -0.3 is 13.9 Å². The summed E-state index contributed by atoms with van der Waals surface area (Å²) >= 11 is 0. The topological polar surface area (TPSA) is 69.0 Å². The molecule has 0 saturated carbocycles. The number of hydrogen-bond acceptors (Lipinski definition) is 6. The highest BCUT2D eigenvalue weighted by atomic mass is 19.1. The van der Waals surface area contributed by atoms with E-state index >= 15 is 0 Å². The monoisotopic (exact) mass is 411 g/mol. The second-order valence-electron chi connectivity index (χ2n) is 7.33. The van der Waals surface area contributed by atoms with Gasteiger partial charge in [0.2, 0.25) is 0 Å². The fourth-order valence-corrected chi connectivity index (χ4v) is 3.75. The maximum absolute atomic E-state index is 13.9. The lowest BCUT2D eigenvalue weighted by Gasteiger charge is -2.29. The van der Waals surface area contributed by atoms with E-state index < -0.39 is 11.6 Å². The first-order valence-corrected chi connectivity index (χ1v) is 9.71. The summed E-state index contributed by atoms with van der Waals surface area (Å²) in [6.07, 6.45) is 0.408. The Morgan fingerprint density at radius 1 is 1.23 bits per heavy atom. The normalized spacial score (nSPS) is 13.7. The Kier molecular flexibility index (Phi) is 5.55. The van der Waals surface area contributed by atoms with Gasteiger partial charge >= 0.3 is 11.6 Å². The average molecular weight is 411 g/mol. The molecule has 0 bridgehead atoms. The summed E-state index contributed by atoms with van der Waals surface area (Å²) in [6.45, 7) is 3.28. The Morgan fingerprint density at radius 2 is 2.03 bits per heavy atom. The van der Waals surface area contributed by atoms with Crippen LogP contribution < -0.4 is 10.4 Å². The first-order valence-electron chi connectivity index (χ1n) is 9.71. The minimum Gasteiger partial charge on any atom is -0.478 e. The Labute approximate surface area is 172 Å². The largest absolute Gasteiger partial charge is 0.478 e. The van der Waals surface area contributed by atoms with E-state index in [2.05, 4.69) is 4.74 Å². The Morgan fingerprint density at radius 3 is 2.80 bits per heavy atom. The van der Waals surface area contributed by atoms with Gasteiger partial charge in [-0.05, 0) is 42.7 Å². The van der Waals surface area contributed by atoms with Gasteiger partial charge in [0.15, 0.2) is 0 Å². The Balaban J connectivity index is 1.63. The molecule has 1 aromatic heterocycles. The van der Waals surface area contributed by atoms with Crippen LogP contribution in [0.2, 0.25) is 0 Å².